The average molecular weight is 358 g/mol. The first-order chi connectivity index (χ1) is 12.5. The van der Waals surface area contributed by atoms with Crippen molar-refractivity contribution in [1.82, 2.24) is 10.6 Å². The molecule has 6 heteroatoms. The maximum absolute atomic E-state index is 13.1. The molecular weight excluding hydrogens is 335 g/mol. The van der Waals surface area contributed by atoms with Crippen LogP contribution < -0.4 is 20.1 Å². The number of ether oxygens (including phenoxy) is 2. The van der Waals surface area contributed by atoms with E-state index in [-0.39, 0.29) is 29.9 Å². The van der Waals surface area contributed by atoms with Crippen LogP contribution in [-0.4, -0.2) is 25.3 Å². The lowest BCUT2D eigenvalue weighted by atomic mass is 9.96. The second kappa shape index (κ2) is 8.08. The first-order valence-corrected chi connectivity index (χ1v) is 8.71. The van der Waals surface area contributed by atoms with E-state index in [0.29, 0.717) is 24.7 Å². The molecule has 2 amide bonds. The molecule has 1 aliphatic rings. The van der Waals surface area contributed by atoms with Gasteiger partial charge in [-0.1, -0.05) is 38.1 Å². The smallest absolute Gasteiger partial charge is 0.315 e. The summed E-state index contributed by atoms with van der Waals surface area (Å²) in [4.78, 5) is 12.3. The number of carbonyl (C=O) groups excluding carboxylic acids is 1. The van der Waals surface area contributed by atoms with Crippen LogP contribution >= 0.6 is 0 Å². The highest BCUT2D eigenvalue weighted by Gasteiger charge is 2.22. The van der Waals surface area contributed by atoms with Crippen molar-refractivity contribution in [3.05, 3.63) is 59.9 Å². The zero-order valence-corrected chi connectivity index (χ0v) is 14.9. The molecule has 0 radical (unpaired) electrons. The number of urea groups is 1. The fourth-order valence-corrected chi connectivity index (χ4v) is 2.87. The van der Waals surface area contributed by atoms with Gasteiger partial charge in [0.2, 0.25) is 0 Å². The van der Waals surface area contributed by atoms with E-state index in [2.05, 4.69) is 10.6 Å². The van der Waals surface area contributed by atoms with Crippen molar-refractivity contribution in [2.24, 2.45) is 5.92 Å². The molecule has 2 N–H and O–H groups in total. The molecule has 1 heterocycles. The molecule has 0 saturated heterocycles. The van der Waals surface area contributed by atoms with Crippen LogP contribution in [0.25, 0.3) is 0 Å². The fourth-order valence-electron chi connectivity index (χ4n) is 2.87. The van der Waals surface area contributed by atoms with E-state index < -0.39 is 0 Å². The second-order valence-electron chi connectivity index (χ2n) is 6.63. The van der Waals surface area contributed by atoms with E-state index >= 15 is 0 Å². The molecule has 26 heavy (non-hydrogen) atoms. The normalized spacial score (nSPS) is 16.8. The molecule has 0 fully saturated rings. The van der Waals surface area contributed by atoms with E-state index in [4.69, 9.17) is 9.47 Å². The Hall–Kier alpha value is -2.76. The van der Waals surface area contributed by atoms with Crippen LogP contribution in [0.3, 0.4) is 0 Å². The van der Waals surface area contributed by atoms with Crippen LogP contribution in [0, 0.1) is 11.7 Å². The maximum atomic E-state index is 13.1. The molecule has 0 unspecified atom stereocenters. The van der Waals surface area contributed by atoms with Crippen molar-refractivity contribution >= 4 is 6.03 Å². The number of fused-ring (bicyclic) bond motifs is 1. The van der Waals surface area contributed by atoms with Crippen molar-refractivity contribution in [3.63, 3.8) is 0 Å². The van der Waals surface area contributed by atoms with Crippen LogP contribution in [0.1, 0.15) is 25.5 Å². The van der Waals surface area contributed by atoms with Gasteiger partial charge in [0.05, 0.1) is 12.6 Å². The van der Waals surface area contributed by atoms with E-state index in [1.807, 2.05) is 38.1 Å². The third kappa shape index (κ3) is 4.45. The molecule has 0 spiro atoms. The standard InChI is InChI=1S/C20H23FN2O3/c1-13(2)19(14-7-9-15(21)10-8-14)23-20(24)22-11-16-12-25-17-5-3-4-6-18(17)26-16/h3-10,13,16,19H,11-12H2,1-2H3,(H2,22,23,24)/t16-,19-/m0/s1. The molecule has 2 atom stereocenters. The summed E-state index contributed by atoms with van der Waals surface area (Å²) in [5, 5.41) is 5.76. The number of hydrogen-bond donors (Lipinski definition) is 2. The fraction of sp³-hybridized carbons (Fsp3) is 0.350. The van der Waals surface area contributed by atoms with Gasteiger partial charge >= 0.3 is 6.03 Å². The van der Waals surface area contributed by atoms with Gasteiger partial charge in [-0.15, -0.1) is 0 Å². The van der Waals surface area contributed by atoms with Gasteiger partial charge < -0.3 is 20.1 Å². The molecule has 0 aromatic heterocycles. The number of nitrogens with one attached hydrogen (secondary N) is 2. The third-order valence-electron chi connectivity index (χ3n) is 4.24. The zero-order chi connectivity index (χ0) is 18.5. The van der Waals surface area contributed by atoms with Crippen molar-refractivity contribution in [3.8, 4) is 11.5 Å². The molecule has 2 aromatic carbocycles. The van der Waals surface area contributed by atoms with Crippen LogP contribution in [-0.2, 0) is 0 Å². The minimum Gasteiger partial charge on any atom is -0.486 e. The SMILES string of the molecule is CC(C)[C@H](NC(=O)NC[C@H]1COc2ccccc2O1)c1ccc(F)cc1. The summed E-state index contributed by atoms with van der Waals surface area (Å²) in [5.41, 5.74) is 0.864. The van der Waals surface area contributed by atoms with Crippen LogP contribution in [0.5, 0.6) is 11.5 Å². The summed E-state index contributed by atoms with van der Waals surface area (Å²) in [6.07, 6.45) is -0.251. The highest BCUT2D eigenvalue weighted by atomic mass is 19.1. The van der Waals surface area contributed by atoms with Crippen molar-refractivity contribution in [2.45, 2.75) is 26.0 Å². The Bertz CT molecular complexity index is 749. The Morgan fingerprint density at radius 3 is 2.54 bits per heavy atom. The Morgan fingerprint density at radius 2 is 1.85 bits per heavy atom. The molecule has 0 aliphatic carbocycles. The maximum Gasteiger partial charge on any atom is 0.315 e. The Balaban J connectivity index is 1.54. The van der Waals surface area contributed by atoms with Crippen LogP contribution in [0.4, 0.5) is 9.18 Å². The first kappa shape index (κ1) is 18.0. The molecule has 138 valence electrons. The molecule has 5 nitrogen and oxygen atoms in total. The number of benzene rings is 2. The quantitative estimate of drug-likeness (QED) is 0.857. The number of amides is 2. The highest BCUT2D eigenvalue weighted by molar-refractivity contribution is 5.74. The largest absolute Gasteiger partial charge is 0.486 e. The molecule has 1 aliphatic heterocycles. The Labute approximate surface area is 152 Å². The van der Waals surface area contributed by atoms with Gasteiger partial charge in [-0.25, -0.2) is 9.18 Å². The molecule has 3 rings (SSSR count). The minimum atomic E-state index is -0.296. The second-order valence-corrected chi connectivity index (χ2v) is 6.63. The van der Waals surface area contributed by atoms with Gasteiger partial charge in [0.1, 0.15) is 12.4 Å². The van der Waals surface area contributed by atoms with E-state index in [1.165, 1.54) is 12.1 Å². The van der Waals surface area contributed by atoms with Gasteiger partial charge in [0.15, 0.2) is 17.6 Å². The lowest BCUT2D eigenvalue weighted by Crippen LogP contribution is -2.46. The highest BCUT2D eigenvalue weighted by Crippen LogP contribution is 2.30. The van der Waals surface area contributed by atoms with Gasteiger partial charge in [-0.3, -0.25) is 0 Å². The predicted molar refractivity (Wildman–Crippen MR) is 96.9 cm³/mol. The van der Waals surface area contributed by atoms with Gasteiger partial charge in [-0.05, 0) is 35.7 Å². The first-order valence-electron chi connectivity index (χ1n) is 8.71. The summed E-state index contributed by atoms with van der Waals surface area (Å²) < 4.78 is 24.6. The zero-order valence-electron chi connectivity index (χ0n) is 14.9. The monoisotopic (exact) mass is 358 g/mol. The molecule has 0 saturated carbocycles. The Morgan fingerprint density at radius 1 is 1.15 bits per heavy atom. The number of rotatable bonds is 5. The van der Waals surface area contributed by atoms with E-state index in [9.17, 15) is 9.18 Å². The van der Waals surface area contributed by atoms with Gasteiger partial charge in [-0.2, -0.15) is 0 Å². The summed E-state index contributed by atoms with van der Waals surface area (Å²) >= 11 is 0. The summed E-state index contributed by atoms with van der Waals surface area (Å²) in [6, 6.07) is 13.1. The van der Waals surface area contributed by atoms with Gasteiger partial charge in [0, 0.05) is 0 Å². The van der Waals surface area contributed by atoms with Crippen molar-refractivity contribution < 1.29 is 18.7 Å². The average Bonchev–Trinajstić information content (AvgIpc) is 2.65. The number of halogens is 1. The summed E-state index contributed by atoms with van der Waals surface area (Å²) in [7, 11) is 0. The van der Waals surface area contributed by atoms with Crippen LogP contribution in [0.15, 0.2) is 48.5 Å². The Kier molecular flexibility index (Phi) is 5.61. The molecule has 2 aromatic rings. The number of para-hydroxylation sites is 2. The molecular formula is C20H23FN2O3. The summed E-state index contributed by atoms with van der Waals surface area (Å²) in [5.74, 6) is 1.25. The van der Waals surface area contributed by atoms with E-state index in [0.717, 1.165) is 5.56 Å². The summed E-state index contributed by atoms with van der Waals surface area (Å²) in [6.45, 7) is 4.71. The number of carbonyl (C=O) groups is 1. The van der Waals surface area contributed by atoms with Crippen LogP contribution in [0.2, 0.25) is 0 Å². The van der Waals surface area contributed by atoms with Gasteiger partial charge in [0.25, 0.3) is 0 Å². The lowest BCUT2D eigenvalue weighted by Gasteiger charge is -2.27. The topological polar surface area (TPSA) is 59.6 Å². The minimum absolute atomic E-state index is 0.160. The predicted octanol–water partition coefficient (Wildman–Crippen LogP) is 3.66. The molecule has 0 bridgehead atoms. The van der Waals surface area contributed by atoms with Crippen molar-refractivity contribution in [2.75, 3.05) is 13.2 Å². The van der Waals surface area contributed by atoms with E-state index in [1.54, 1.807) is 12.1 Å². The lowest BCUT2D eigenvalue weighted by molar-refractivity contribution is 0.0916. The third-order valence-corrected chi connectivity index (χ3v) is 4.24. The van der Waals surface area contributed by atoms with Crippen molar-refractivity contribution in [1.29, 1.82) is 0 Å². The number of hydrogen-bond acceptors (Lipinski definition) is 3.